The molecule has 1 saturated heterocycles. The Hall–Kier alpha value is -3.15. The number of amides is 2. The molecule has 0 spiro atoms. The lowest BCUT2D eigenvalue weighted by molar-refractivity contribution is -0.151. The van der Waals surface area contributed by atoms with Crippen molar-refractivity contribution in [3.8, 4) is 0 Å². The Morgan fingerprint density at radius 2 is 1.72 bits per heavy atom. The summed E-state index contributed by atoms with van der Waals surface area (Å²) in [5.41, 5.74) is 2.77. The van der Waals surface area contributed by atoms with Crippen LogP contribution < -0.4 is 4.90 Å². The van der Waals surface area contributed by atoms with Gasteiger partial charge in [-0.2, -0.15) is 0 Å². The van der Waals surface area contributed by atoms with E-state index in [-0.39, 0.29) is 30.1 Å². The van der Waals surface area contributed by atoms with Gasteiger partial charge in [0, 0.05) is 25.2 Å². The summed E-state index contributed by atoms with van der Waals surface area (Å²) < 4.78 is 5.13. The number of esters is 1. The lowest BCUT2D eigenvalue weighted by Crippen LogP contribution is -2.43. The zero-order chi connectivity index (χ0) is 22.9. The van der Waals surface area contributed by atoms with Gasteiger partial charge in [0.25, 0.3) is 0 Å². The molecule has 2 aromatic carbocycles. The first kappa shape index (κ1) is 23.5. The van der Waals surface area contributed by atoms with Crippen molar-refractivity contribution in [1.82, 2.24) is 4.90 Å². The van der Waals surface area contributed by atoms with E-state index in [9.17, 15) is 14.4 Å². The molecule has 0 radical (unpaired) electrons. The van der Waals surface area contributed by atoms with E-state index in [4.69, 9.17) is 4.74 Å². The van der Waals surface area contributed by atoms with E-state index in [1.165, 1.54) is 0 Å². The van der Waals surface area contributed by atoms with Crippen molar-refractivity contribution in [1.29, 1.82) is 0 Å². The average Bonchev–Trinajstić information content (AvgIpc) is 2.83. The van der Waals surface area contributed by atoms with Gasteiger partial charge in [-0.3, -0.25) is 14.4 Å². The number of nitrogens with zero attached hydrogens (tertiary/aromatic N) is 2. The van der Waals surface area contributed by atoms with Crippen molar-refractivity contribution in [2.24, 2.45) is 5.92 Å². The van der Waals surface area contributed by atoms with Crippen LogP contribution in [0.1, 0.15) is 44.2 Å². The molecule has 3 rings (SSSR count). The van der Waals surface area contributed by atoms with Crippen LogP contribution in [-0.2, 0) is 32.1 Å². The second kappa shape index (κ2) is 11.5. The normalized spacial score (nSPS) is 15.8. The molecule has 6 nitrogen and oxygen atoms in total. The largest absolute Gasteiger partial charge is 0.466 e. The fourth-order valence-electron chi connectivity index (χ4n) is 4.02. The zero-order valence-electron chi connectivity index (χ0n) is 19.0. The third kappa shape index (κ3) is 6.19. The van der Waals surface area contributed by atoms with Crippen LogP contribution in [0.5, 0.6) is 0 Å². The van der Waals surface area contributed by atoms with Crippen LogP contribution >= 0.6 is 0 Å². The van der Waals surface area contributed by atoms with Crippen LogP contribution in [-0.4, -0.2) is 42.4 Å². The Labute approximate surface area is 190 Å². The van der Waals surface area contributed by atoms with Gasteiger partial charge in [-0.15, -0.1) is 0 Å². The van der Waals surface area contributed by atoms with Crippen LogP contribution in [0.3, 0.4) is 0 Å². The number of piperidine rings is 1. The van der Waals surface area contributed by atoms with Gasteiger partial charge in [-0.1, -0.05) is 49.4 Å². The first-order valence-corrected chi connectivity index (χ1v) is 11.4. The predicted molar refractivity (Wildman–Crippen MR) is 124 cm³/mol. The van der Waals surface area contributed by atoms with Crippen molar-refractivity contribution in [2.45, 2.75) is 46.1 Å². The SMILES string of the molecule is CCOC(=O)C1CCCN(C(=O)Cc2ccc(N(Cc3ccccc3)C(=O)CC)cc2)C1. The monoisotopic (exact) mass is 436 g/mol. The maximum Gasteiger partial charge on any atom is 0.310 e. The van der Waals surface area contributed by atoms with E-state index in [1.807, 2.05) is 61.5 Å². The van der Waals surface area contributed by atoms with E-state index < -0.39 is 0 Å². The van der Waals surface area contributed by atoms with Gasteiger partial charge in [0.15, 0.2) is 0 Å². The summed E-state index contributed by atoms with van der Waals surface area (Å²) in [5, 5.41) is 0. The molecule has 0 N–H and O–H groups in total. The van der Waals surface area contributed by atoms with Crippen LogP contribution in [0, 0.1) is 5.92 Å². The van der Waals surface area contributed by atoms with Crippen LogP contribution in [0.25, 0.3) is 0 Å². The van der Waals surface area contributed by atoms with E-state index in [1.54, 1.807) is 16.7 Å². The summed E-state index contributed by atoms with van der Waals surface area (Å²) in [5.74, 6) is -0.386. The number of carbonyl (C=O) groups is 3. The molecule has 2 aromatic rings. The topological polar surface area (TPSA) is 66.9 Å². The first-order chi connectivity index (χ1) is 15.5. The summed E-state index contributed by atoms with van der Waals surface area (Å²) in [7, 11) is 0. The van der Waals surface area contributed by atoms with E-state index >= 15 is 0 Å². The fraction of sp³-hybridized carbons (Fsp3) is 0.423. The number of rotatable bonds is 8. The third-order valence-electron chi connectivity index (χ3n) is 5.78. The first-order valence-electron chi connectivity index (χ1n) is 11.4. The lowest BCUT2D eigenvalue weighted by atomic mass is 9.97. The maximum atomic E-state index is 12.8. The summed E-state index contributed by atoms with van der Waals surface area (Å²) in [6, 6.07) is 17.5. The molecule has 32 heavy (non-hydrogen) atoms. The molecule has 2 amide bonds. The molecule has 1 atom stereocenters. The molecule has 0 aliphatic carbocycles. The second-order valence-corrected chi connectivity index (χ2v) is 8.09. The van der Waals surface area contributed by atoms with Crippen LogP contribution in [0.15, 0.2) is 54.6 Å². The number of benzene rings is 2. The third-order valence-corrected chi connectivity index (χ3v) is 5.78. The second-order valence-electron chi connectivity index (χ2n) is 8.09. The minimum Gasteiger partial charge on any atom is -0.466 e. The molecule has 1 fully saturated rings. The zero-order valence-corrected chi connectivity index (χ0v) is 19.0. The minimum absolute atomic E-state index is 0.0116. The van der Waals surface area contributed by atoms with Crippen LogP contribution in [0.2, 0.25) is 0 Å². The Morgan fingerprint density at radius 1 is 1.00 bits per heavy atom. The summed E-state index contributed by atoms with van der Waals surface area (Å²) in [6.45, 7) is 5.61. The molecule has 0 bridgehead atoms. The van der Waals surface area contributed by atoms with Gasteiger partial charge in [-0.25, -0.2) is 0 Å². The van der Waals surface area contributed by atoms with Crippen molar-refractivity contribution < 1.29 is 19.1 Å². The number of likely N-dealkylation sites (tertiary alicyclic amines) is 1. The molecule has 1 aliphatic heterocycles. The molecule has 0 saturated carbocycles. The van der Waals surface area contributed by atoms with Crippen molar-refractivity contribution in [3.05, 3.63) is 65.7 Å². The van der Waals surface area contributed by atoms with Crippen molar-refractivity contribution in [3.63, 3.8) is 0 Å². The lowest BCUT2D eigenvalue weighted by Gasteiger charge is -2.31. The van der Waals surface area contributed by atoms with E-state index in [0.717, 1.165) is 29.7 Å². The molecule has 170 valence electrons. The van der Waals surface area contributed by atoms with Crippen molar-refractivity contribution >= 4 is 23.5 Å². The molecular weight excluding hydrogens is 404 g/mol. The Morgan fingerprint density at radius 3 is 2.38 bits per heavy atom. The van der Waals surface area contributed by atoms with Crippen LogP contribution in [0.4, 0.5) is 5.69 Å². The van der Waals surface area contributed by atoms with Gasteiger partial charge >= 0.3 is 5.97 Å². The van der Waals surface area contributed by atoms with Gasteiger partial charge in [-0.05, 0) is 43.0 Å². The number of hydrogen-bond acceptors (Lipinski definition) is 4. The highest BCUT2D eigenvalue weighted by Gasteiger charge is 2.29. The Kier molecular flexibility index (Phi) is 8.42. The number of ether oxygens (including phenoxy) is 1. The quantitative estimate of drug-likeness (QED) is 0.587. The molecule has 1 unspecified atom stereocenters. The van der Waals surface area contributed by atoms with Gasteiger partial charge < -0.3 is 14.5 Å². The summed E-state index contributed by atoms with van der Waals surface area (Å²) in [6.07, 6.45) is 2.27. The molecule has 1 aliphatic rings. The van der Waals surface area contributed by atoms with Crippen molar-refractivity contribution in [2.75, 3.05) is 24.6 Å². The summed E-state index contributed by atoms with van der Waals surface area (Å²) in [4.78, 5) is 40.9. The smallest absolute Gasteiger partial charge is 0.310 e. The average molecular weight is 437 g/mol. The van der Waals surface area contributed by atoms with E-state index in [0.29, 0.717) is 32.7 Å². The molecular formula is C26H32N2O4. The number of carbonyl (C=O) groups excluding carboxylic acids is 3. The van der Waals surface area contributed by atoms with E-state index in [2.05, 4.69) is 0 Å². The highest BCUT2D eigenvalue weighted by Crippen LogP contribution is 2.22. The standard InChI is InChI=1S/C26H32N2O4/c1-3-24(29)28(18-21-9-6-5-7-10-21)23-14-12-20(13-15-23)17-25(30)27-16-8-11-22(19-27)26(31)32-4-2/h5-7,9-10,12-15,22H,3-4,8,11,16-19H2,1-2H3. The number of anilines is 1. The fourth-order valence-corrected chi connectivity index (χ4v) is 4.02. The van der Waals surface area contributed by atoms with Gasteiger partial charge in [0.1, 0.15) is 0 Å². The minimum atomic E-state index is -0.235. The molecule has 6 heteroatoms. The maximum absolute atomic E-state index is 12.8. The molecule has 0 aromatic heterocycles. The molecule has 1 heterocycles. The van der Waals surface area contributed by atoms with Gasteiger partial charge in [0.05, 0.1) is 25.5 Å². The Balaban J connectivity index is 1.64. The summed E-state index contributed by atoms with van der Waals surface area (Å²) >= 11 is 0. The van der Waals surface area contributed by atoms with Gasteiger partial charge in [0.2, 0.25) is 11.8 Å². The Bertz CT molecular complexity index is 911. The number of hydrogen-bond donors (Lipinski definition) is 0. The highest BCUT2D eigenvalue weighted by molar-refractivity contribution is 5.93. The highest BCUT2D eigenvalue weighted by atomic mass is 16.5. The predicted octanol–water partition coefficient (Wildman–Crippen LogP) is 3.97.